The average molecular weight is 164 g/mol. The van der Waals surface area contributed by atoms with Gasteiger partial charge in [-0.1, -0.05) is 50.3 Å². The molecule has 0 aromatic carbocycles. The van der Waals surface area contributed by atoms with Crippen molar-refractivity contribution in [1.82, 2.24) is 0 Å². The number of allylic oxidation sites excluding steroid dienone is 4. The predicted octanol–water partition coefficient (Wildman–Crippen LogP) is 4.26. The van der Waals surface area contributed by atoms with Crippen LogP contribution >= 0.6 is 0 Å². The second-order valence-electron chi connectivity index (χ2n) is 3.06. The van der Waals surface area contributed by atoms with Gasteiger partial charge in [-0.05, 0) is 25.7 Å². The molecule has 0 nitrogen and oxygen atoms in total. The van der Waals surface area contributed by atoms with Gasteiger partial charge < -0.3 is 0 Å². The van der Waals surface area contributed by atoms with Gasteiger partial charge >= 0.3 is 0 Å². The summed E-state index contributed by atoms with van der Waals surface area (Å²) in [5.74, 6) is 0. The Morgan fingerprint density at radius 2 is 1.83 bits per heavy atom. The molecule has 0 aromatic heterocycles. The van der Waals surface area contributed by atoms with Gasteiger partial charge in [-0.25, -0.2) is 0 Å². The van der Waals surface area contributed by atoms with E-state index < -0.39 is 0 Å². The first kappa shape index (κ1) is 11.2. The van der Waals surface area contributed by atoms with Crippen molar-refractivity contribution >= 4 is 0 Å². The minimum atomic E-state index is 1.05. The summed E-state index contributed by atoms with van der Waals surface area (Å²) in [6.07, 6.45) is 8.67. The second-order valence-corrected chi connectivity index (χ2v) is 3.06. The summed E-state index contributed by atoms with van der Waals surface area (Å²) in [5.41, 5.74) is 2.54. The Labute approximate surface area is 76.7 Å². The Morgan fingerprint density at radius 1 is 1.17 bits per heavy atom. The van der Waals surface area contributed by atoms with Crippen LogP contribution in [0.25, 0.3) is 0 Å². The molecular formula is C12H20. The fourth-order valence-corrected chi connectivity index (χ4v) is 0.832. The zero-order valence-electron chi connectivity index (χ0n) is 8.40. The van der Waals surface area contributed by atoms with Gasteiger partial charge in [-0.15, -0.1) is 0 Å². The number of hydrogen-bond donors (Lipinski definition) is 0. The molecule has 0 aliphatic heterocycles. The highest BCUT2D eigenvalue weighted by Crippen LogP contribution is 2.07. The van der Waals surface area contributed by atoms with E-state index in [0.717, 1.165) is 25.7 Å². The summed E-state index contributed by atoms with van der Waals surface area (Å²) in [6, 6.07) is 0. The highest BCUT2D eigenvalue weighted by Gasteiger charge is 1.87. The van der Waals surface area contributed by atoms with Crippen LogP contribution in [0.1, 0.15) is 39.5 Å². The zero-order valence-corrected chi connectivity index (χ0v) is 8.40. The SMILES string of the molecule is C=C(C=CCCC(=C)CC)CC. The summed E-state index contributed by atoms with van der Waals surface area (Å²) >= 11 is 0. The smallest absolute Gasteiger partial charge is 0.0288 e. The molecular weight excluding hydrogens is 144 g/mol. The maximum atomic E-state index is 3.95. The molecule has 0 aliphatic rings. The standard InChI is InChI=1S/C12H20/c1-5-11(3)9-7-8-10-12(4)6-2/h7,9H,3-6,8,10H2,1-2H3. The fourth-order valence-electron chi connectivity index (χ4n) is 0.832. The Balaban J connectivity index is 3.48. The summed E-state index contributed by atoms with van der Waals surface area (Å²) in [5, 5.41) is 0. The summed E-state index contributed by atoms with van der Waals surface area (Å²) < 4.78 is 0. The van der Waals surface area contributed by atoms with Gasteiger partial charge in [0.25, 0.3) is 0 Å². The van der Waals surface area contributed by atoms with Crippen molar-refractivity contribution in [3.05, 3.63) is 36.5 Å². The maximum Gasteiger partial charge on any atom is -0.0288 e. The Kier molecular flexibility index (Phi) is 6.45. The first-order valence-electron chi connectivity index (χ1n) is 4.71. The molecule has 0 aliphatic carbocycles. The topological polar surface area (TPSA) is 0 Å². The van der Waals surface area contributed by atoms with Crippen LogP contribution in [0.2, 0.25) is 0 Å². The third kappa shape index (κ3) is 5.96. The minimum Gasteiger partial charge on any atom is -0.0999 e. The fraction of sp³-hybridized carbons (Fsp3) is 0.500. The molecule has 0 aromatic rings. The quantitative estimate of drug-likeness (QED) is 0.406. The maximum absolute atomic E-state index is 3.95. The molecule has 0 spiro atoms. The number of rotatable bonds is 6. The van der Waals surface area contributed by atoms with Gasteiger partial charge in [0.1, 0.15) is 0 Å². The highest BCUT2D eigenvalue weighted by atomic mass is 13.9. The van der Waals surface area contributed by atoms with E-state index in [-0.39, 0.29) is 0 Å². The lowest BCUT2D eigenvalue weighted by Crippen LogP contribution is -1.77. The molecule has 0 amide bonds. The van der Waals surface area contributed by atoms with E-state index in [1.165, 1.54) is 11.1 Å². The van der Waals surface area contributed by atoms with Crippen molar-refractivity contribution in [3.8, 4) is 0 Å². The van der Waals surface area contributed by atoms with E-state index in [1.54, 1.807) is 0 Å². The molecule has 0 atom stereocenters. The van der Waals surface area contributed by atoms with E-state index in [1.807, 2.05) is 0 Å². The molecule has 0 heterocycles. The predicted molar refractivity (Wildman–Crippen MR) is 57.2 cm³/mol. The van der Waals surface area contributed by atoms with Gasteiger partial charge in [-0.3, -0.25) is 0 Å². The molecule has 0 bridgehead atoms. The van der Waals surface area contributed by atoms with Gasteiger partial charge in [0, 0.05) is 0 Å². The highest BCUT2D eigenvalue weighted by molar-refractivity contribution is 5.13. The molecule has 0 saturated carbocycles. The van der Waals surface area contributed by atoms with Crippen LogP contribution in [0.5, 0.6) is 0 Å². The molecule has 0 saturated heterocycles. The van der Waals surface area contributed by atoms with E-state index in [0.29, 0.717) is 0 Å². The van der Waals surface area contributed by atoms with Gasteiger partial charge in [-0.2, -0.15) is 0 Å². The molecule has 0 heteroatoms. The normalized spacial score (nSPS) is 10.5. The van der Waals surface area contributed by atoms with Crippen molar-refractivity contribution in [2.45, 2.75) is 39.5 Å². The Bertz CT molecular complexity index is 172. The lowest BCUT2D eigenvalue weighted by Gasteiger charge is -1.97. The Morgan fingerprint density at radius 3 is 2.33 bits per heavy atom. The van der Waals surface area contributed by atoms with Crippen molar-refractivity contribution in [2.24, 2.45) is 0 Å². The van der Waals surface area contributed by atoms with E-state index in [2.05, 4.69) is 39.2 Å². The summed E-state index contributed by atoms with van der Waals surface area (Å²) in [7, 11) is 0. The van der Waals surface area contributed by atoms with Crippen LogP contribution in [0, 0.1) is 0 Å². The first-order valence-corrected chi connectivity index (χ1v) is 4.71. The van der Waals surface area contributed by atoms with Crippen LogP contribution in [-0.4, -0.2) is 0 Å². The molecule has 12 heavy (non-hydrogen) atoms. The monoisotopic (exact) mass is 164 g/mol. The molecule has 0 rings (SSSR count). The third-order valence-electron chi connectivity index (χ3n) is 1.97. The van der Waals surface area contributed by atoms with Crippen molar-refractivity contribution < 1.29 is 0 Å². The van der Waals surface area contributed by atoms with Crippen molar-refractivity contribution in [1.29, 1.82) is 0 Å². The van der Waals surface area contributed by atoms with Gasteiger partial charge in [0.15, 0.2) is 0 Å². The van der Waals surface area contributed by atoms with Crippen molar-refractivity contribution in [2.75, 3.05) is 0 Å². The lowest BCUT2D eigenvalue weighted by atomic mass is 10.1. The molecule has 68 valence electrons. The van der Waals surface area contributed by atoms with E-state index in [4.69, 9.17) is 0 Å². The summed E-state index contributed by atoms with van der Waals surface area (Å²) in [6.45, 7) is 12.1. The van der Waals surface area contributed by atoms with E-state index >= 15 is 0 Å². The van der Waals surface area contributed by atoms with Crippen LogP contribution < -0.4 is 0 Å². The minimum absolute atomic E-state index is 1.05. The van der Waals surface area contributed by atoms with Crippen LogP contribution in [-0.2, 0) is 0 Å². The van der Waals surface area contributed by atoms with E-state index in [9.17, 15) is 0 Å². The lowest BCUT2D eigenvalue weighted by molar-refractivity contribution is 0.913. The molecule has 0 fully saturated rings. The zero-order chi connectivity index (χ0) is 9.40. The average Bonchev–Trinajstić information content (AvgIpc) is 2.11. The third-order valence-corrected chi connectivity index (χ3v) is 1.97. The first-order chi connectivity index (χ1) is 5.70. The number of hydrogen-bond acceptors (Lipinski definition) is 0. The van der Waals surface area contributed by atoms with Gasteiger partial charge in [0.2, 0.25) is 0 Å². The van der Waals surface area contributed by atoms with Crippen LogP contribution in [0.3, 0.4) is 0 Å². The molecule has 0 radical (unpaired) electrons. The van der Waals surface area contributed by atoms with Crippen molar-refractivity contribution in [3.63, 3.8) is 0 Å². The van der Waals surface area contributed by atoms with Crippen LogP contribution in [0.4, 0.5) is 0 Å². The summed E-state index contributed by atoms with van der Waals surface area (Å²) in [4.78, 5) is 0. The Hall–Kier alpha value is -0.780. The van der Waals surface area contributed by atoms with Crippen LogP contribution in [0.15, 0.2) is 36.5 Å². The van der Waals surface area contributed by atoms with Gasteiger partial charge in [0.05, 0.1) is 0 Å². The molecule has 0 N–H and O–H groups in total. The largest absolute Gasteiger partial charge is 0.0999 e. The second kappa shape index (κ2) is 6.90. The molecule has 0 unspecified atom stereocenters.